The molecule has 2 atom stereocenters. The van der Waals surface area contributed by atoms with Crippen molar-refractivity contribution in [3.63, 3.8) is 0 Å². The standard InChI is InChI=1S/C11H13NO2/c1-11(2)10-9(13-10)7-4-3-6(12)5-8(7)14-11/h3-5,9-10H,12H2,1-2H3/t9-,10-/m1/s1. The summed E-state index contributed by atoms with van der Waals surface area (Å²) in [7, 11) is 0. The zero-order chi connectivity index (χ0) is 9.92. The van der Waals surface area contributed by atoms with E-state index < -0.39 is 0 Å². The summed E-state index contributed by atoms with van der Waals surface area (Å²) in [4.78, 5) is 0. The van der Waals surface area contributed by atoms with Crippen molar-refractivity contribution in [2.45, 2.75) is 31.7 Å². The summed E-state index contributed by atoms with van der Waals surface area (Å²) in [5.41, 5.74) is 7.34. The van der Waals surface area contributed by atoms with Crippen LogP contribution >= 0.6 is 0 Å². The molecule has 2 aliphatic heterocycles. The van der Waals surface area contributed by atoms with Gasteiger partial charge in [0.05, 0.1) is 0 Å². The van der Waals surface area contributed by atoms with Gasteiger partial charge in [0.25, 0.3) is 0 Å². The number of anilines is 1. The number of nitrogens with two attached hydrogens (primary N) is 1. The monoisotopic (exact) mass is 191 g/mol. The Kier molecular flexibility index (Phi) is 1.29. The number of epoxide rings is 1. The Balaban J connectivity index is 2.11. The van der Waals surface area contributed by atoms with Gasteiger partial charge >= 0.3 is 0 Å². The lowest BCUT2D eigenvalue weighted by Gasteiger charge is -2.29. The largest absolute Gasteiger partial charge is 0.485 e. The third-order valence-electron chi connectivity index (χ3n) is 2.89. The predicted octanol–water partition coefficient (Wildman–Crippen LogP) is 1.88. The lowest BCUT2D eigenvalue weighted by atomic mass is 9.94. The highest BCUT2D eigenvalue weighted by Gasteiger charge is 2.56. The minimum absolute atomic E-state index is 0.207. The topological polar surface area (TPSA) is 47.8 Å². The van der Waals surface area contributed by atoms with E-state index in [1.807, 2.05) is 32.0 Å². The maximum Gasteiger partial charge on any atom is 0.132 e. The molecular formula is C11H13NO2. The van der Waals surface area contributed by atoms with Gasteiger partial charge in [0.15, 0.2) is 0 Å². The van der Waals surface area contributed by atoms with Crippen molar-refractivity contribution in [3.8, 4) is 5.75 Å². The van der Waals surface area contributed by atoms with E-state index in [-0.39, 0.29) is 17.8 Å². The second kappa shape index (κ2) is 2.23. The Hall–Kier alpha value is -1.22. The molecule has 3 rings (SSSR count). The first kappa shape index (κ1) is 8.12. The molecule has 0 saturated carbocycles. The Labute approximate surface area is 82.8 Å². The minimum Gasteiger partial charge on any atom is -0.485 e. The van der Waals surface area contributed by atoms with Crippen LogP contribution in [0.5, 0.6) is 5.75 Å². The smallest absolute Gasteiger partial charge is 0.132 e. The first-order valence-electron chi connectivity index (χ1n) is 4.82. The van der Waals surface area contributed by atoms with Crippen molar-refractivity contribution < 1.29 is 9.47 Å². The van der Waals surface area contributed by atoms with Crippen molar-refractivity contribution in [3.05, 3.63) is 23.8 Å². The molecular weight excluding hydrogens is 178 g/mol. The van der Waals surface area contributed by atoms with Crippen LogP contribution in [0.2, 0.25) is 0 Å². The summed E-state index contributed by atoms with van der Waals surface area (Å²) in [6.07, 6.45) is 0.424. The van der Waals surface area contributed by atoms with E-state index >= 15 is 0 Å². The van der Waals surface area contributed by atoms with Crippen LogP contribution in [0.15, 0.2) is 18.2 Å². The Morgan fingerprint density at radius 2 is 2.14 bits per heavy atom. The van der Waals surface area contributed by atoms with Crippen molar-refractivity contribution >= 4 is 5.69 Å². The number of nitrogen functional groups attached to an aromatic ring is 1. The molecule has 1 saturated heterocycles. The van der Waals surface area contributed by atoms with Crippen LogP contribution < -0.4 is 10.5 Å². The van der Waals surface area contributed by atoms with Crippen molar-refractivity contribution in [1.82, 2.24) is 0 Å². The first-order chi connectivity index (χ1) is 6.58. The quantitative estimate of drug-likeness (QED) is 0.503. The van der Waals surface area contributed by atoms with Crippen molar-refractivity contribution in [2.24, 2.45) is 0 Å². The molecule has 74 valence electrons. The van der Waals surface area contributed by atoms with Gasteiger partial charge in [-0.15, -0.1) is 0 Å². The summed E-state index contributed by atoms with van der Waals surface area (Å²) in [5, 5.41) is 0. The molecule has 3 heteroatoms. The number of ether oxygens (including phenoxy) is 2. The molecule has 1 aromatic rings. The number of hydrogen-bond donors (Lipinski definition) is 1. The van der Waals surface area contributed by atoms with Gasteiger partial charge in [0.2, 0.25) is 0 Å². The lowest BCUT2D eigenvalue weighted by molar-refractivity contribution is 0.0726. The molecule has 2 heterocycles. The average molecular weight is 191 g/mol. The summed E-state index contributed by atoms with van der Waals surface area (Å²) >= 11 is 0. The summed E-state index contributed by atoms with van der Waals surface area (Å²) < 4.78 is 11.4. The van der Waals surface area contributed by atoms with Gasteiger partial charge in [-0.1, -0.05) is 6.07 Å². The normalized spacial score (nSPS) is 31.3. The molecule has 0 amide bonds. The molecule has 1 aromatic carbocycles. The summed E-state index contributed by atoms with van der Waals surface area (Å²) in [6, 6.07) is 5.75. The van der Waals surface area contributed by atoms with Gasteiger partial charge < -0.3 is 15.2 Å². The Bertz CT molecular complexity index is 400. The molecule has 14 heavy (non-hydrogen) atoms. The molecule has 3 nitrogen and oxygen atoms in total. The fraction of sp³-hybridized carbons (Fsp3) is 0.455. The van der Waals surface area contributed by atoms with Crippen LogP contribution in [0.3, 0.4) is 0 Å². The third kappa shape index (κ3) is 0.960. The van der Waals surface area contributed by atoms with Crippen LogP contribution in [0.25, 0.3) is 0 Å². The molecule has 0 aromatic heterocycles. The Morgan fingerprint density at radius 3 is 2.93 bits per heavy atom. The molecule has 2 N–H and O–H groups in total. The van der Waals surface area contributed by atoms with E-state index in [0.717, 1.165) is 17.0 Å². The molecule has 2 aliphatic rings. The van der Waals surface area contributed by atoms with Crippen LogP contribution in [-0.4, -0.2) is 11.7 Å². The SMILES string of the molecule is CC1(C)Oc2cc(N)ccc2[C@H]2O[C@H]21. The van der Waals surface area contributed by atoms with Crippen LogP contribution in [0.1, 0.15) is 25.5 Å². The zero-order valence-electron chi connectivity index (χ0n) is 8.28. The number of hydrogen-bond acceptors (Lipinski definition) is 3. The minimum atomic E-state index is -0.231. The highest BCUT2D eigenvalue weighted by Crippen LogP contribution is 2.53. The van der Waals surface area contributed by atoms with Crippen LogP contribution in [0.4, 0.5) is 5.69 Å². The highest BCUT2D eigenvalue weighted by atomic mass is 16.6. The number of rotatable bonds is 0. The van der Waals surface area contributed by atoms with E-state index in [4.69, 9.17) is 15.2 Å². The van der Waals surface area contributed by atoms with Gasteiger partial charge in [0, 0.05) is 17.3 Å². The Morgan fingerprint density at radius 1 is 1.36 bits per heavy atom. The number of fused-ring (bicyclic) bond motifs is 3. The molecule has 0 unspecified atom stereocenters. The third-order valence-corrected chi connectivity index (χ3v) is 2.89. The van der Waals surface area contributed by atoms with Crippen LogP contribution in [-0.2, 0) is 4.74 Å². The lowest BCUT2D eigenvalue weighted by Crippen LogP contribution is -2.37. The highest BCUT2D eigenvalue weighted by molar-refractivity contribution is 5.52. The maximum absolute atomic E-state index is 5.85. The molecule has 0 aliphatic carbocycles. The fourth-order valence-electron chi connectivity index (χ4n) is 2.09. The van der Waals surface area contributed by atoms with E-state index in [1.165, 1.54) is 0 Å². The molecule has 0 radical (unpaired) electrons. The van der Waals surface area contributed by atoms with E-state index in [9.17, 15) is 0 Å². The number of benzene rings is 1. The molecule has 0 spiro atoms. The molecule has 0 bridgehead atoms. The zero-order valence-corrected chi connectivity index (χ0v) is 8.28. The van der Waals surface area contributed by atoms with Gasteiger partial charge in [0.1, 0.15) is 23.6 Å². The summed E-state index contributed by atoms with van der Waals surface area (Å²) in [5.74, 6) is 0.869. The van der Waals surface area contributed by atoms with Gasteiger partial charge in [-0.2, -0.15) is 0 Å². The van der Waals surface area contributed by atoms with Gasteiger partial charge in [-0.25, -0.2) is 0 Å². The maximum atomic E-state index is 5.85. The predicted molar refractivity (Wildman–Crippen MR) is 53.2 cm³/mol. The van der Waals surface area contributed by atoms with Gasteiger partial charge in [-0.3, -0.25) is 0 Å². The van der Waals surface area contributed by atoms with E-state index in [1.54, 1.807) is 0 Å². The van der Waals surface area contributed by atoms with Crippen LogP contribution in [0, 0.1) is 0 Å². The summed E-state index contributed by atoms with van der Waals surface area (Å²) in [6.45, 7) is 4.09. The second-order valence-corrected chi connectivity index (χ2v) is 4.48. The first-order valence-corrected chi connectivity index (χ1v) is 4.82. The van der Waals surface area contributed by atoms with E-state index in [0.29, 0.717) is 0 Å². The van der Waals surface area contributed by atoms with E-state index in [2.05, 4.69) is 0 Å². The second-order valence-electron chi connectivity index (χ2n) is 4.48. The van der Waals surface area contributed by atoms with Crippen molar-refractivity contribution in [1.29, 1.82) is 0 Å². The average Bonchev–Trinajstić information content (AvgIpc) is 2.82. The van der Waals surface area contributed by atoms with Gasteiger partial charge in [-0.05, 0) is 19.9 Å². The fourth-order valence-corrected chi connectivity index (χ4v) is 2.09. The van der Waals surface area contributed by atoms with Crippen molar-refractivity contribution in [2.75, 3.05) is 5.73 Å². The molecule has 1 fully saturated rings.